The molecule has 3 atom stereocenters. The Hall–Kier alpha value is -2.77. The number of carbonyl (C=O) groups is 1. The van der Waals surface area contributed by atoms with Gasteiger partial charge in [0.1, 0.15) is 17.2 Å². The van der Waals surface area contributed by atoms with Crippen LogP contribution >= 0.6 is 0 Å². The predicted molar refractivity (Wildman–Crippen MR) is 109 cm³/mol. The van der Waals surface area contributed by atoms with E-state index in [0.717, 1.165) is 42.7 Å². The van der Waals surface area contributed by atoms with Crippen molar-refractivity contribution in [2.24, 2.45) is 5.73 Å². The summed E-state index contributed by atoms with van der Waals surface area (Å²) in [4.78, 5) is 11.4. The number of aryl methyl sites for hydroxylation is 1. The minimum atomic E-state index is -0.787. The fourth-order valence-electron chi connectivity index (χ4n) is 3.90. The van der Waals surface area contributed by atoms with Crippen LogP contribution in [0.1, 0.15) is 46.9 Å². The van der Waals surface area contributed by atoms with Crippen LogP contribution in [-0.4, -0.2) is 42.4 Å². The number of aliphatic hydroxyl groups excluding tert-OH is 1. The first-order valence-corrected chi connectivity index (χ1v) is 9.70. The number of rotatable bonds is 8. The molecule has 2 aromatic rings. The molecule has 1 aliphatic heterocycles. The maximum absolute atomic E-state index is 11.4. The molecular weight excluding hydrogens is 372 g/mol. The minimum absolute atomic E-state index is 0.0150. The second kappa shape index (κ2) is 9.15. The van der Waals surface area contributed by atoms with Gasteiger partial charge in [-0.2, -0.15) is 0 Å². The fraction of sp³-hybridized carbons (Fsp3) is 0.409. The molecule has 7 nitrogen and oxygen atoms in total. The SMILES string of the molecule is COc1ccc(OC)c(CCC2CCC(C(O)c3ccc(O)c(C(N)=O)c3)N2)c1. The Labute approximate surface area is 170 Å². The highest BCUT2D eigenvalue weighted by Gasteiger charge is 2.30. The lowest BCUT2D eigenvalue weighted by Gasteiger charge is -2.21. The Morgan fingerprint density at radius 1 is 1.21 bits per heavy atom. The number of aliphatic hydroxyl groups is 1. The predicted octanol–water partition coefficient (Wildman–Crippen LogP) is 2.30. The highest BCUT2D eigenvalue weighted by Crippen LogP contribution is 2.31. The zero-order valence-electron chi connectivity index (χ0n) is 16.7. The molecule has 1 heterocycles. The molecule has 1 saturated heterocycles. The molecule has 0 radical (unpaired) electrons. The van der Waals surface area contributed by atoms with E-state index < -0.39 is 12.0 Å². The average molecular weight is 400 g/mol. The number of benzene rings is 2. The largest absolute Gasteiger partial charge is 0.507 e. The summed E-state index contributed by atoms with van der Waals surface area (Å²) >= 11 is 0. The minimum Gasteiger partial charge on any atom is -0.507 e. The third-order valence-corrected chi connectivity index (χ3v) is 5.53. The molecule has 3 unspecified atom stereocenters. The number of aromatic hydroxyl groups is 1. The quantitative estimate of drug-likeness (QED) is 0.541. The van der Waals surface area contributed by atoms with Gasteiger partial charge in [0.05, 0.1) is 25.9 Å². The molecular formula is C22H28N2O5. The Morgan fingerprint density at radius 2 is 2.00 bits per heavy atom. The Kier molecular flexibility index (Phi) is 6.61. The molecule has 156 valence electrons. The third-order valence-electron chi connectivity index (χ3n) is 5.53. The van der Waals surface area contributed by atoms with Crippen molar-refractivity contribution in [3.8, 4) is 17.2 Å². The van der Waals surface area contributed by atoms with E-state index in [-0.39, 0.29) is 23.4 Å². The van der Waals surface area contributed by atoms with E-state index in [2.05, 4.69) is 5.32 Å². The third kappa shape index (κ3) is 4.81. The molecule has 5 N–H and O–H groups in total. The molecule has 0 aliphatic carbocycles. The zero-order chi connectivity index (χ0) is 21.0. The van der Waals surface area contributed by atoms with Crippen molar-refractivity contribution in [3.05, 3.63) is 53.1 Å². The number of phenols is 1. The van der Waals surface area contributed by atoms with Crippen LogP contribution in [0.2, 0.25) is 0 Å². The molecule has 2 aromatic carbocycles. The number of methoxy groups -OCH3 is 2. The Bertz CT molecular complexity index is 870. The summed E-state index contributed by atoms with van der Waals surface area (Å²) in [5.41, 5.74) is 6.94. The highest BCUT2D eigenvalue weighted by atomic mass is 16.5. The van der Waals surface area contributed by atoms with Crippen molar-refractivity contribution in [1.29, 1.82) is 0 Å². The lowest BCUT2D eigenvalue weighted by Crippen LogP contribution is -2.34. The molecule has 7 heteroatoms. The van der Waals surface area contributed by atoms with Crippen molar-refractivity contribution >= 4 is 5.91 Å². The van der Waals surface area contributed by atoms with Gasteiger partial charge in [-0.3, -0.25) is 4.79 Å². The molecule has 1 fully saturated rings. The van der Waals surface area contributed by atoms with Gasteiger partial charge in [0.25, 0.3) is 5.91 Å². The second-order valence-electron chi connectivity index (χ2n) is 7.35. The molecule has 0 bridgehead atoms. The number of ether oxygens (including phenoxy) is 2. The van der Waals surface area contributed by atoms with Crippen LogP contribution in [0.3, 0.4) is 0 Å². The summed E-state index contributed by atoms with van der Waals surface area (Å²) in [6, 6.07) is 10.4. The fourth-order valence-corrected chi connectivity index (χ4v) is 3.90. The molecule has 3 rings (SSSR count). The maximum atomic E-state index is 11.4. The summed E-state index contributed by atoms with van der Waals surface area (Å²) in [5.74, 6) is 0.730. The van der Waals surface area contributed by atoms with Gasteiger partial charge in [-0.1, -0.05) is 6.07 Å². The van der Waals surface area contributed by atoms with E-state index in [1.807, 2.05) is 18.2 Å². The van der Waals surface area contributed by atoms with Crippen LogP contribution in [-0.2, 0) is 6.42 Å². The van der Waals surface area contributed by atoms with Gasteiger partial charge >= 0.3 is 0 Å². The molecule has 0 saturated carbocycles. The topological polar surface area (TPSA) is 114 Å². The van der Waals surface area contributed by atoms with E-state index >= 15 is 0 Å². The van der Waals surface area contributed by atoms with Crippen LogP contribution in [0.25, 0.3) is 0 Å². The van der Waals surface area contributed by atoms with E-state index in [1.54, 1.807) is 20.3 Å². The first-order valence-electron chi connectivity index (χ1n) is 9.70. The van der Waals surface area contributed by atoms with Gasteiger partial charge in [0.15, 0.2) is 0 Å². The van der Waals surface area contributed by atoms with Crippen LogP contribution in [0, 0.1) is 0 Å². The molecule has 29 heavy (non-hydrogen) atoms. The summed E-state index contributed by atoms with van der Waals surface area (Å²) < 4.78 is 10.7. The van der Waals surface area contributed by atoms with Crippen molar-refractivity contribution in [2.75, 3.05) is 14.2 Å². The van der Waals surface area contributed by atoms with Gasteiger partial charge in [0.2, 0.25) is 0 Å². The second-order valence-corrected chi connectivity index (χ2v) is 7.35. The molecule has 0 spiro atoms. The van der Waals surface area contributed by atoms with Gasteiger partial charge in [0, 0.05) is 12.1 Å². The molecule has 1 amide bonds. The highest BCUT2D eigenvalue weighted by molar-refractivity contribution is 5.95. The first-order chi connectivity index (χ1) is 13.9. The normalized spacial score (nSPS) is 19.7. The van der Waals surface area contributed by atoms with Crippen LogP contribution in [0.15, 0.2) is 36.4 Å². The standard InChI is InChI=1S/C22H28N2O5/c1-28-16-7-10-20(29-2)13(11-16)3-5-15-6-8-18(24-15)21(26)14-4-9-19(25)17(12-14)22(23)27/h4,7,9-12,15,18,21,24-26H,3,5-6,8H2,1-2H3,(H2,23,27). The van der Waals surface area contributed by atoms with Gasteiger partial charge < -0.3 is 30.7 Å². The molecule has 1 aliphatic rings. The molecule has 0 aromatic heterocycles. The Morgan fingerprint density at radius 3 is 2.69 bits per heavy atom. The number of carbonyl (C=O) groups excluding carboxylic acids is 1. The number of nitrogens with two attached hydrogens (primary N) is 1. The monoisotopic (exact) mass is 400 g/mol. The van der Waals surface area contributed by atoms with E-state index in [0.29, 0.717) is 5.56 Å². The smallest absolute Gasteiger partial charge is 0.252 e. The number of hydrogen-bond donors (Lipinski definition) is 4. The lowest BCUT2D eigenvalue weighted by molar-refractivity contribution is 0.0996. The van der Waals surface area contributed by atoms with Crippen molar-refractivity contribution in [3.63, 3.8) is 0 Å². The summed E-state index contributed by atoms with van der Waals surface area (Å²) in [7, 11) is 3.30. The lowest BCUT2D eigenvalue weighted by atomic mass is 9.98. The average Bonchev–Trinajstić information content (AvgIpc) is 3.20. The number of hydrogen-bond acceptors (Lipinski definition) is 6. The van der Waals surface area contributed by atoms with Crippen molar-refractivity contribution < 1.29 is 24.5 Å². The number of primary amides is 1. The Balaban J connectivity index is 1.62. The van der Waals surface area contributed by atoms with E-state index in [1.165, 1.54) is 12.1 Å². The van der Waals surface area contributed by atoms with Crippen molar-refractivity contribution in [1.82, 2.24) is 5.32 Å². The number of nitrogens with one attached hydrogen (secondary N) is 1. The van der Waals surface area contributed by atoms with Crippen LogP contribution < -0.4 is 20.5 Å². The van der Waals surface area contributed by atoms with Crippen LogP contribution in [0.5, 0.6) is 17.2 Å². The first kappa shape index (κ1) is 21.0. The zero-order valence-corrected chi connectivity index (χ0v) is 16.7. The van der Waals surface area contributed by atoms with Crippen molar-refractivity contribution in [2.45, 2.75) is 43.9 Å². The summed E-state index contributed by atoms with van der Waals surface area (Å²) in [6.45, 7) is 0. The van der Waals surface area contributed by atoms with E-state index in [9.17, 15) is 15.0 Å². The summed E-state index contributed by atoms with van der Waals surface area (Å²) in [6.07, 6.45) is 2.69. The van der Waals surface area contributed by atoms with Gasteiger partial charge in [-0.05, 0) is 67.1 Å². The number of amides is 1. The maximum Gasteiger partial charge on any atom is 0.252 e. The van der Waals surface area contributed by atoms with Gasteiger partial charge in [-0.15, -0.1) is 0 Å². The van der Waals surface area contributed by atoms with E-state index in [4.69, 9.17) is 15.2 Å². The van der Waals surface area contributed by atoms with Gasteiger partial charge in [-0.25, -0.2) is 0 Å². The van der Waals surface area contributed by atoms with Crippen LogP contribution in [0.4, 0.5) is 0 Å². The summed E-state index contributed by atoms with van der Waals surface area (Å²) in [5, 5.41) is 24.0.